The summed E-state index contributed by atoms with van der Waals surface area (Å²) in [6.45, 7) is 7.56. The second-order valence-electron chi connectivity index (χ2n) is 7.12. The average Bonchev–Trinajstić information content (AvgIpc) is 2.59. The zero-order valence-electron chi connectivity index (χ0n) is 15.9. The number of nitrogens with two attached hydrogens (primary N) is 1. The maximum absolute atomic E-state index is 12.6. The molecule has 0 atom stereocenters. The van der Waals surface area contributed by atoms with E-state index < -0.39 is 21.7 Å². The molecule has 1 aromatic rings. The molecule has 0 radical (unpaired) electrons. The summed E-state index contributed by atoms with van der Waals surface area (Å²) in [7, 11) is -3.58. The Balaban J connectivity index is 1.90. The first-order chi connectivity index (χ1) is 12.6. The van der Waals surface area contributed by atoms with Crippen molar-refractivity contribution in [2.45, 2.75) is 31.3 Å². The summed E-state index contributed by atoms with van der Waals surface area (Å²) in [5.41, 5.74) is 6.36. The molecule has 1 fully saturated rings. The summed E-state index contributed by atoms with van der Waals surface area (Å²) in [4.78, 5) is 11.7. The van der Waals surface area contributed by atoms with Crippen molar-refractivity contribution >= 4 is 27.5 Å². The van der Waals surface area contributed by atoms with E-state index in [1.165, 1.54) is 16.4 Å². The number of amides is 1. The van der Waals surface area contributed by atoms with E-state index in [2.05, 4.69) is 10.6 Å². The normalized spacial score (nSPS) is 16.0. The van der Waals surface area contributed by atoms with E-state index in [-0.39, 0.29) is 4.90 Å². The van der Waals surface area contributed by atoms with Crippen LogP contribution in [0.4, 0.5) is 16.2 Å². The van der Waals surface area contributed by atoms with Crippen molar-refractivity contribution in [3.63, 3.8) is 0 Å². The van der Waals surface area contributed by atoms with Gasteiger partial charge in [0, 0.05) is 26.2 Å². The minimum atomic E-state index is -3.58. The SMILES string of the molecule is CC(C)(C)OC(=O)NCCNc1ccc(S(=O)(=O)N2CCOCC2)cc1N. The number of carbonyl (C=O) groups is 1. The molecule has 0 aromatic heterocycles. The highest BCUT2D eigenvalue weighted by atomic mass is 32.2. The fourth-order valence-electron chi connectivity index (χ4n) is 2.47. The van der Waals surface area contributed by atoms with Crippen molar-refractivity contribution in [1.29, 1.82) is 0 Å². The molecule has 1 saturated heterocycles. The fraction of sp³-hybridized carbons (Fsp3) is 0.588. The van der Waals surface area contributed by atoms with Crippen LogP contribution in [0.15, 0.2) is 23.1 Å². The van der Waals surface area contributed by atoms with Crippen molar-refractivity contribution in [3.8, 4) is 0 Å². The Morgan fingerprint density at radius 1 is 1.26 bits per heavy atom. The summed E-state index contributed by atoms with van der Waals surface area (Å²) in [5, 5.41) is 5.69. The Kier molecular flexibility index (Phi) is 6.90. The third-order valence-corrected chi connectivity index (χ3v) is 5.63. The smallest absolute Gasteiger partial charge is 0.407 e. The number of morpholine rings is 1. The molecule has 1 aromatic carbocycles. The molecule has 0 bridgehead atoms. The molecule has 0 saturated carbocycles. The van der Waals surface area contributed by atoms with Crippen LogP contribution in [0.2, 0.25) is 0 Å². The Morgan fingerprint density at radius 3 is 2.52 bits per heavy atom. The summed E-state index contributed by atoms with van der Waals surface area (Å²) in [6, 6.07) is 4.58. The monoisotopic (exact) mass is 400 g/mol. The number of ether oxygens (including phenoxy) is 2. The zero-order chi connectivity index (χ0) is 20.1. The average molecular weight is 401 g/mol. The van der Waals surface area contributed by atoms with Crippen molar-refractivity contribution in [3.05, 3.63) is 18.2 Å². The minimum Gasteiger partial charge on any atom is -0.444 e. The van der Waals surface area contributed by atoms with Gasteiger partial charge in [0.1, 0.15) is 5.60 Å². The number of alkyl carbamates (subject to hydrolysis) is 1. The number of rotatable bonds is 6. The molecule has 1 amide bonds. The summed E-state index contributed by atoms with van der Waals surface area (Å²) in [5.74, 6) is 0. The van der Waals surface area contributed by atoms with Gasteiger partial charge in [-0.15, -0.1) is 0 Å². The third kappa shape index (κ3) is 6.26. The maximum atomic E-state index is 12.6. The molecule has 1 aliphatic rings. The number of nitrogens with zero attached hydrogens (tertiary/aromatic N) is 1. The lowest BCUT2D eigenvalue weighted by Gasteiger charge is -2.26. The van der Waals surface area contributed by atoms with E-state index in [4.69, 9.17) is 15.2 Å². The number of hydrogen-bond donors (Lipinski definition) is 3. The molecule has 0 spiro atoms. The standard InChI is InChI=1S/C17H28N4O5S/c1-17(2,3)26-16(22)20-7-6-19-15-5-4-13(12-14(15)18)27(23,24)21-8-10-25-11-9-21/h4-5,12,19H,6-11,18H2,1-3H3,(H,20,22). The van der Waals surface area contributed by atoms with E-state index in [0.717, 1.165) is 0 Å². The highest BCUT2D eigenvalue weighted by Gasteiger charge is 2.26. The van der Waals surface area contributed by atoms with Gasteiger partial charge in [0.25, 0.3) is 0 Å². The lowest BCUT2D eigenvalue weighted by Crippen LogP contribution is -2.40. The highest BCUT2D eigenvalue weighted by molar-refractivity contribution is 7.89. The van der Waals surface area contributed by atoms with Gasteiger partial charge in [0.05, 0.1) is 29.5 Å². The molecule has 0 unspecified atom stereocenters. The first-order valence-electron chi connectivity index (χ1n) is 8.78. The van der Waals surface area contributed by atoms with Crippen LogP contribution in [-0.2, 0) is 19.5 Å². The van der Waals surface area contributed by atoms with Crippen LogP contribution in [0.3, 0.4) is 0 Å². The molecule has 10 heteroatoms. The van der Waals surface area contributed by atoms with Crippen molar-refractivity contribution in [1.82, 2.24) is 9.62 Å². The van der Waals surface area contributed by atoms with E-state index >= 15 is 0 Å². The van der Waals surface area contributed by atoms with Gasteiger partial charge in [-0.3, -0.25) is 0 Å². The number of benzene rings is 1. The first kappa shape index (κ1) is 21.3. The van der Waals surface area contributed by atoms with E-state index in [1.807, 2.05) is 0 Å². The summed E-state index contributed by atoms with van der Waals surface area (Å²) >= 11 is 0. The second kappa shape index (κ2) is 8.77. The fourth-order valence-corrected chi connectivity index (χ4v) is 3.92. The molecule has 152 valence electrons. The van der Waals surface area contributed by atoms with Gasteiger partial charge in [0.2, 0.25) is 10.0 Å². The molecule has 4 N–H and O–H groups in total. The molecule has 9 nitrogen and oxygen atoms in total. The minimum absolute atomic E-state index is 0.152. The first-order valence-corrected chi connectivity index (χ1v) is 10.2. The highest BCUT2D eigenvalue weighted by Crippen LogP contribution is 2.25. The Labute approximate surface area is 160 Å². The number of anilines is 2. The van der Waals surface area contributed by atoms with Crippen LogP contribution >= 0.6 is 0 Å². The molecular weight excluding hydrogens is 372 g/mol. The van der Waals surface area contributed by atoms with Crippen LogP contribution in [0.5, 0.6) is 0 Å². The van der Waals surface area contributed by atoms with Crippen LogP contribution in [0, 0.1) is 0 Å². The summed E-state index contributed by atoms with van der Waals surface area (Å²) in [6.07, 6.45) is -0.496. The topological polar surface area (TPSA) is 123 Å². The van der Waals surface area contributed by atoms with Crippen molar-refractivity contribution in [2.24, 2.45) is 0 Å². The van der Waals surface area contributed by atoms with Gasteiger partial charge < -0.3 is 25.8 Å². The predicted molar refractivity (Wildman–Crippen MR) is 103 cm³/mol. The van der Waals surface area contributed by atoms with Crippen molar-refractivity contribution in [2.75, 3.05) is 50.4 Å². The predicted octanol–water partition coefficient (Wildman–Crippen LogP) is 1.23. The molecule has 27 heavy (non-hydrogen) atoms. The Morgan fingerprint density at radius 2 is 1.93 bits per heavy atom. The largest absolute Gasteiger partial charge is 0.444 e. The van der Waals surface area contributed by atoms with Gasteiger partial charge in [-0.05, 0) is 39.0 Å². The number of nitrogen functional groups attached to an aromatic ring is 1. The van der Waals surface area contributed by atoms with E-state index in [9.17, 15) is 13.2 Å². The van der Waals surface area contributed by atoms with Gasteiger partial charge in [0.15, 0.2) is 0 Å². The molecule has 2 rings (SSSR count). The Hall–Kier alpha value is -2.04. The number of hydrogen-bond acceptors (Lipinski definition) is 7. The van der Waals surface area contributed by atoms with Gasteiger partial charge >= 0.3 is 6.09 Å². The van der Waals surface area contributed by atoms with E-state index in [1.54, 1.807) is 26.8 Å². The number of nitrogens with one attached hydrogen (secondary N) is 2. The van der Waals surface area contributed by atoms with Crippen LogP contribution in [-0.4, -0.2) is 63.8 Å². The Bertz CT molecular complexity index is 755. The molecular formula is C17H28N4O5S. The van der Waals surface area contributed by atoms with Gasteiger partial charge in [-0.1, -0.05) is 0 Å². The third-order valence-electron chi connectivity index (χ3n) is 3.74. The maximum Gasteiger partial charge on any atom is 0.407 e. The molecule has 0 aliphatic carbocycles. The lowest BCUT2D eigenvalue weighted by atomic mass is 10.2. The second-order valence-corrected chi connectivity index (χ2v) is 9.06. The van der Waals surface area contributed by atoms with Crippen LogP contribution < -0.4 is 16.4 Å². The lowest BCUT2D eigenvalue weighted by molar-refractivity contribution is 0.0530. The quantitative estimate of drug-likeness (QED) is 0.485. The van der Waals surface area contributed by atoms with E-state index in [0.29, 0.717) is 50.8 Å². The molecule has 1 heterocycles. The summed E-state index contributed by atoms with van der Waals surface area (Å²) < 4.78 is 37.0. The van der Waals surface area contributed by atoms with Crippen molar-refractivity contribution < 1.29 is 22.7 Å². The van der Waals surface area contributed by atoms with Gasteiger partial charge in [-0.25, -0.2) is 13.2 Å². The number of sulfonamides is 1. The van der Waals surface area contributed by atoms with Gasteiger partial charge in [-0.2, -0.15) is 4.31 Å². The van der Waals surface area contributed by atoms with Crippen LogP contribution in [0.1, 0.15) is 20.8 Å². The number of carbonyl (C=O) groups excluding carboxylic acids is 1. The zero-order valence-corrected chi connectivity index (χ0v) is 16.8. The molecule has 1 aliphatic heterocycles. The van der Waals surface area contributed by atoms with Crippen LogP contribution in [0.25, 0.3) is 0 Å².